The maximum atomic E-state index is 13.9. The van der Waals surface area contributed by atoms with Gasteiger partial charge in [0.05, 0.1) is 21.6 Å². The lowest BCUT2D eigenvalue weighted by Gasteiger charge is -2.30. The summed E-state index contributed by atoms with van der Waals surface area (Å²) in [7, 11) is 0. The maximum absolute atomic E-state index is 13.9. The number of anilines is 2. The van der Waals surface area contributed by atoms with Gasteiger partial charge in [-0.3, -0.25) is 38.8 Å². The van der Waals surface area contributed by atoms with E-state index in [1.807, 2.05) is 36.4 Å². The molecule has 0 aliphatic carbocycles. The minimum atomic E-state index is -0.892. The number of nitro benzene ring substituents is 1. The monoisotopic (exact) mass is 623 g/mol. The van der Waals surface area contributed by atoms with Gasteiger partial charge in [-0.15, -0.1) is 0 Å². The number of nitrogens with zero attached hydrogens (tertiary/aromatic N) is 4. The number of rotatable bonds is 6. The van der Waals surface area contributed by atoms with Crippen molar-refractivity contribution in [1.29, 1.82) is 0 Å². The predicted octanol–water partition coefficient (Wildman–Crippen LogP) is 4.80. The number of non-ortho nitro benzene ring substituents is 1. The van der Waals surface area contributed by atoms with Crippen LogP contribution in [0.15, 0.2) is 101 Å². The fraction of sp³-hybridized carbons (Fsp3) is 0.129. The summed E-state index contributed by atoms with van der Waals surface area (Å²) < 4.78 is 1.36. The van der Waals surface area contributed by atoms with E-state index < -0.39 is 39.7 Å². The Morgan fingerprint density at radius 3 is 2.48 bits per heavy atom. The van der Waals surface area contributed by atoms with Crippen molar-refractivity contribution in [2.75, 3.05) is 10.2 Å². The van der Waals surface area contributed by atoms with Gasteiger partial charge in [0.1, 0.15) is 11.8 Å². The topological polar surface area (TPSA) is 145 Å². The van der Waals surface area contributed by atoms with Crippen LogP contribution in [0.3, 0.4) is 0 Å². The van der Waals surface area contributed by atoms with Gasteiger partial charge in [-0.1, -0.05) is 65.6 Å². The summed E-state index contributed by atoms with van der Waals surface area (Å²) in [4.78, 5) is 70.5. The van der Waals surface area contributed by atoms with E-state index in [1.165, 1.54) is 28.8 Å². The number of thioether (sulfide) groups is 1. The molecule has 0 unspecified atom stereocenters. The number of nitrogens with one attached hydrogen (secondary N) is 1. The van der Waals surface area contributed by atoms with Gasteiger partial charge in [-0.2, -0.15) is 0 Å². The lowest BCUT2D eigenvalue weighted by Crippen LogP contribution is -2.33. The quantitative estimate of drug-likeness (QED) is 0.161. The van der Waals surface area contributed by atoms with Crippen molar-refractivity contribution in [3.63, 3.8) is 0 Å². The maximum Gasteiger partial charge on any atom is 0.308 e. The third kappa shape index (κ3) is 4.57. The molecule has 1 saturated heterocycles. The Labute approximate surface area is 257 Å². The Bertz CT molecular complexity index is 2040. The number of nitro groups is 1. The first-order valence-corrected chi connectivity index (χ1v) is 15.2. The number of amides is 3. The molecule has 11 nitrogen and oxygen atoms in total. The molecule has 2 aliphatic rings. The Morgan fingerprint density at radius 2 is 1.73 bits per heavy atom. The second kappa shape index (κ2) is 10.8. The van der Waals surface area contributed by atoms with E-state index in [1.54, 1.807) is 30.6 Å². The molecule has 2 aromatic heterocycles. The lowest BCUT2D eigenvalue weighted by molar-refractivity contribution is -0.384. The van der Waals surface area contributed by atoms with E-state index in [4.69, 9.17) is 0 Å². The van der Waals surface area contributed by atoms with Crippen molar-refractivity contribution in [1.82, 2.24) is 9.55 Å². The Hall–Kier alpha value is -5.14. The first kappa shape index (κ1) is 27.7. The Balaban J connectivity index is 1.26. The van der Waals surface area contributed by atoms with Gasteiger partial charge < -0.3 is 5.32 Å². The highest BCUT2D eigenvalue weighted by molar-refractivity contribution is 8.00. The zero-order valence-electron chi connectivity index (χ0n) is 22.7. The third-order valence-electron chi connectivity index (χ3n) is 7.78. The number of thiazole rings is 1. The van der Waals surface area contributed by atoms with Crippen LogP contribution >= 0.6 is 23.1 Å². The number of pyridine rings is 1. The molecule has 3 aromatic carbocycles. The molecule has 0 spiro atoms. The van der Waals surface area contributed by atoms with Gasteiger partial charge in [0.25, 0.3) is 5.69 Å². The van der Waals surface area contributed by atoms with E-state index >= 15 is 0 Å². The molecule has 218 valence electrons. The zero-order valence-corrected chi connectivity index (χ0v) is 24.3. The molecular formula is C31H21N5O6S2. The van der Waals surface area contributed by atoms with E-state index in [0.717, 1.165) is 38.8 Å². The van der Waals surface area contributed by atoms with Crippen LogP contribution in [0.4, 0.5) is 17.1 Å². The zero-order chi connectivity index (χ0) is 30.5. The molecule has 7 rings (SSSR count). The molecule has 2 aliphatic heterocycles. The van der Waals surface area contributed by atoms with Crippen LogP contribution < -0.4 is 15.1 Å². The lowest BCUT2D eigenvalue weighted by atomic mass is 9.84. The summed E-state index contributed by atoms with van der Waals surface area (Å²) in [5.74, 6) is -2.89. The fourth-order valence-electron chi connectivity index (χ4n) is 5.82. The fourth-order valence-corrected chi connectivity index (χ4v) is 8.59. The predicted molar refractivity (Wildman–Crippen MR) is 166 cm³/mol. The van der Waals surface area contributed by atoms with Crippen molar-refractivity contribution >= 4 is 68.7 Å². The summed E-state index contributed by atoms with van der Waals surface area (Å²) in [6.45, 7) is -0.285. The number of benzene rings is 3. The van der Waals surface area contributed by atoms with Crippen LogP contribution in [0.2, 0.25) is 0 Å². The molecule has 13 heteroatoms. The normalized spacial score (nSPS) is 19.1. The standard InChI is InChI=1S/C31H21N5O6S2/c37-23(33-22-9-3-6-17-5-1-2-8-21(17)22)16-34-30-27(44-31(34)40)24(18-7-4-14-32-15-18)25-26(43-30)29(39)35(28(25)38)19-10-12-20(13-11-19)36(41)42/h1-15,24-26H,16H2,(H,33,37)/t24-,25-,26+/m0/s1. The number of imide groups is 1. The van der Waals surface area contributed by atoms with Gasteiger partial charge in [0, 0.05) is 46.4 Å². The van der Waals surface area contributed by atoms with Crippen LogP contribution in [0, 0.1) is 16.0 Å². The molecular weight excluding hydrogens is 603 g/mol. The number of carbonyl (C=O) groups is 3. The van der Waals surface area contributed by atoms with E-state index in [2.05, 4.69) is 10.3 Å². The van der Waals surface area contributed by atoms with E-state index in [0.29, 0.717) is 21.2 Å². The highest BCUT2D eigenvalue weighted by atomic mass is 32.2. The number of hydrogen-bond acceptors (Lipinski definition) is 9. The smallest absolute Gasteiger partial charge is 0.308 e. The van der Waals surface area contributed by atoms with Crippen molar-refractivity contribution in [3.8, 4) is 0 Å². The highest BCUT2D eigenvalue weighted by Gasteiger charge is 2.57. The first-order chi connectivity index (χ1) is 21.3. The summed E-state index contributed by atoms with van der Waals surface area (Å²) in [6, 6.07) is 21.9. The average molecular weight is 624 g/mol. The van der Waals surface area contributed by atoms with Crippen LogP contribution in [0.25, 0.3) is 10.8 Å². The Kier molecular flexibility index (Phi) is 6.82. The number of fused-ring (bicyclic) bond motifs is 3. The Morgan fingerprint density at radius 1 is 0.955 bits per heavy atom. The second-order valence-corrected chi connectivity index (χ2v) is 12.4. The largest absolute Gasteiger partial charge is 0.324 e. The molecule has 44 heavy (non-hydrogen) atoms. The first-order valence-electron chi connectivity index (χ1n) is 13.5. The van der Waals surface area contributed by atoms with E-state index in [9.17, 15) is 29.3 Å². The van der Waals surface area contributed by atoms with Gasteiger partial charge in [-0.25, -0.2) is 4.90 Å². The molecule has 4 heterocycles. The number of hydrogen-bond donors (Lipinski definition) is 1. The molecule has 1 fully saturated rings. The van der Waals surface area contributed by atoms with Crippen LogP contribution in [-0.4, -0.2) is 37.4 Å². The van der Waals surface area contributed by atoms with Gasteiger partial charge in [-0.05, 0) is 35.2 Å². The third-order valence-corrected chi connectivity index (χ3v) is 10.4. The molecule has 3 amide bonds. The highest BCUT2D eigenvalue weighted by Crippen LogP contribution is 2.53. The number of aromatic nitrogens is 2. The molecule has 1 N–H and O–H groups in total. The minimum Gasteiger partial charge on any atom is -0.324 e. The molecule has 5 aromatic rings. The van der Waals surface area contributed by atoms with Crippen LogP contribution in [0.5, 0.6) is 0 Å². The summed E-state index contributed by atoms with van der Waals surface area (Å²) in [5.41, 5.74) is 1.33. The summed E-state index contributed by atoms with van der Waals surface area (Å²) in [5, 5.41) is 15.4. The summed E-state index contributed by atoms with van der Waals surface area (Å²) in [6.07, 6.45) is 3.20. The second-order valence-electron chi connectivity index (χ2n) is 10.3. The average Bonchev–Trinajstić information content (AvgIpc) is 3.47. The van der Waals surface area contributed by atoms with Gasteiger partial charge >= 0.3 is 4.87 Å². The van der Waals surface area contributed by atoms with Crippen LogP contribution in [-0.2, 0) is 20.9 Å². The molecule has 0 bridgehead atoms. The molecule has 0 saturated carbocycles. The van der Waals surface area contributed by atoms with Gasteiger partial charge in [0.15, 0.2) is 0 Å². The van der Waals surface area contributed by atoms with E-state index in [-0.39, 0.29) is 22.8 Å². The minimum absolute atomic E-state index is 0.166. The van der Waals surface area contributed by atoms with Crippen molar-refractivity contribution in [2.45, 2.75) is 22.7 Å². The number of carbonyl (C=O) groups excluding carboxylic acids is 3. The van der Waals surface area contributed by atoms with Crippen molar-refractivity contribution in [3.05, 3.63) is 121 Å². The summed E-state index contributed by atoms with van der Waals surface area (Å²) >= 11 is 2.04. The van der Waals surface area contributed by atoms with Gasteiger partial charge in [0.2, 0.25) is 17.7 Å². The SMILES string of the molecule is O=C(Cn1c2c(sc1=O)[C@@H](c1cccnc1)[C@@H]1C(=O)N(c3ccc([N+](=O)[O-])cc3)C(=O)[C@@H]1S2)Nc1cccc2ccccc12. The van der Waals surface area contributed by atoms with Crippen molar-refractivity contribution in [2.24, 2.45) is 5.92 Å². The molecule has 0 radical (unpaired) electrons. The van der Waals surface area contributed by atoms with Crippen LogP contribution in [0.1, 0.15) is 16.4 Å². The van der Waals surface area contributed by atoms with Crippen molar-refractivity contribution < 1.29 is 19.3 Å². The molecule has 3 atom stereocenters.